The Morgan fingerprint density at radius 1 is 1.38 bits per heavy atom. The van der Waals surface area contributed by atoms with Gasteiger partial charge in [-0.25, -0.2) is 4.39 Å². The fraction of sp³-hybridized carbons (Fsp3) is 0.200. The number of amides is 1. The van der Waals surface area contributed by atoms with Crippen molar-refractivity contribution < 1.29 is 9.18 Å². The highest BCUT2D eigenvalue weighted by Crippen LogP contribution is 2.23. The third-order valence-corrected chi connectivity index (χ3v) is 4.01. The number of nitrogens with zero attached hydrogens (tertiary/aromatic N) is 1. The number of halogens is 1. The fourth-order valence-electron chi connectivity index (χ4n) is 1.79. The van der Waals surface area contributed by atoms with Crippen molar-refractivity contribution in [3.8, 4) is 0 Å². The summed E-state index contributed by atoms with van der Waals surface area (Å²) in [4.78, 5) is 16.6. The Morgan fingerprint density at radius 3 is 2.76 bits per heavy atom. The fourth-order valence-corrected chi connectivity index (χ4v) is 2.53. The van der Waals surface area contributed by atoms with Crippen LogP contribution in [-0.4, -0.2) is 16.6 Å². The molecule has 0 radical (unpaired) electrons. The van der Waals surface area contributed by atoms with E-state index in [-0.39, 0.29) is 23.5 Å². The SMILES string of the molecule is CC(NC(=O)CSc1ccncc1N)c1ccc(F)cc1. The number of anilines is 1. The zero-order chi connectivity index (χ0) is 15.2. The van der Waals surface area contributed by atoms with Crippen LogP contribution in [0.15, 0.2) is 47.6 Å². The Morgan fingerprint density at radius 2 is 2.10 bits per heavy atom. The van der Waals surface area contributed by atoms with Gasteiger partial charge in [0.1, 0.15) is 5.82 Å². The number of thioether (sulfide) groups is 1. The maximum absolute atomic E-state index is 12.9. The summed E-state index contributed by atoms with van der Waals surface area (Å²) in [6.45, 7) is 1.86. The number of carbonyl (C=O) groups excluding carboxylic acids is 1. The number of nitrogen functional groups attached to an aromatic ring is 1. The van der Waals surface area contributed by atoms with Crippen LogP contribution in [-0.2, 0) is 4.79 Å². The summed E-state index contributed by atoms with van der Waals surface area (Å²) < 4.78 is 12.9. The highest BCUT2D eigenvalue weighted by molar-refractivity contribution is 8.00. The van der Waals surface area contributed by atoms with Gasteiger partial charge in [0.05, 0.1) is 23.7 Å². The molecule has 2 aromatic rings. The molecule has 0 aliphatic carbocycles. The molecule has 0 bridgehead atoms. The quantitative estimate of drug-likeness (QED) is 0.834. The van der Waals surface area contributed by atoms with Crippen LogP contribution in [0.2, 0.25) is 0 Å². The predicted octanol–water partition coefficient (Wildman–Crippen LogP) is 2.77. The molecule has 1 amide bonds. The molecule has 0 saturated carbocycles. The minimum atomic E-state index is -0.291. The summed E-state index contributed by atoms with van der Waals surface area (Å²) in [6.07, 6.45) is 3.19. The van der Waals surface area contributed by atoms with E-state index in [0.717, 1.165) is 10.5 Å². The third-order valence-electron chi connectivity index (χ3n) is 2.92. The van der Waals surface area contributed by atoms with E-state index in [1.165, 1.54) is 23.9 Å². The number of pyridine rings is 1. The molecule has 1 unspecified atom stereocenters. The first-order valence-electron chi connectivity index (χ1n) is 6.43. The first kappa shape index (κ1) is 15.3. The highest BCUT2D eigenvalue weighted by Gasteiger charge is 2.10. The Balaban J connectivity index is 1.87. The molecule has 3 N–H and O–H groups in total. The van der Waals surface area contributed by atoms with Gasteiger partial charge in [-0.2, -0.15) is 0 Å². The molecule has 0 spiro atoms. The van der Waals surface area contributed by atoms with Crippen LogP contribution in [0.3, 0.4) is 0 Å². The van der Waals surface area contributed by atoms with Gasteiger partial charge in [0.15, 0.2) is 0 Å². The summed E-state index contributed by atoms with van der Waals surface area (Å²) in [5, 5.41) is 2.87. The molecule has 21 heavy (non-hydrogen) atoms. The number of nitrogens with one attached hydrogen (secondary N) is 1. The lowest BCUT2D eigenvalue weighted by atomic mass is 10.1. The average Bonchev–Trinajstić information content (AvgIpc) is 2.47. The highest BCUT2D eigenvalue weighted by atomic mass is 32.2. The van der Waals surface area contributed by atoms with Gasteiger partial charge in [-0.05, 0) is 30.7 Å². The smallest absolute Gasteiger partial charge is 0.230 e. The van der Waals surface area contributed by atoms with Crippen LogP contribution in [0.1, 0.15) is 18.5 Å². The topological polar surface area (TPSA) is 68.0 Å². The number of carbonyl (C=O) groups is 1. The molecule has 6 heteroatoms. The molecule has 110 valence electrons. The molecular formula is C15H16FN3OS. The second-order valence-electron chi connectivity index (χ2n) is 4.54. The number of benzene rings is 1. The van der Waals surface area contributed by atoms with Gasteiger partial charge in [-0.3, -0.25) is 9.78 Å². The van der Waals surface area contributed by atoms with Gasteiger partial charge < -0.3 is 11.1 Å². The maximum Gasteiger partial charge on any atom is 0.230 e. The molecule has 2 rings (SSSR count). The first-order valence-corrected chi connectivity index (χ1v) is 7.42. The van der Waals surface area contributed by atoms with Gasteiger partial charge in [-0.15, -0.1) is 11.8 Å². The maximum atomic E-state index is 12.9. The predicted molar refractivity (Wildman–Crippen MR) is 82.3 cm³/mol. The summed E-state index contributed by atoms with van der Waals surface area (Å²) in [7, 11) is 0. The number of rotatable bonds is 5. The molecule has 0 saturated heterocycles. The minimum absolute atomic E-state index is 0.104. The number of aromatic nitrogens is 1. The average molecular weight is 305 g/mol. The summed E-state index contributed by atoms with van der Waals surface area (Å²) in [6, 6.07) is 7.68. The minimum Gasteiger partial charge on any atom is -0.397 e. The summed E-state index contributed by atoms with van der Waals surface area (Å²) >= 11 is 1.36. The number of hydrogen-bond acceptors (Lipinski definition) is 4. The molecule has 1 aromatic carbocycles. The number of hydrogen-bond donors (Lipinski definition) is 2. The monoisotopic (exact) mass is 305 g/mol. The second-order valence-corrected chi connectivity index (χ2v) is 5.56. The van der Waals surface area contributed by atoms with E-state index < -0.39 is 0 Å². The summed E-state index contributed by atoms with van der Waals surface area (Å²) in [5.41, 5.74) is 7.18. The van der Waals surface area contributed by atoms with Crippen LogP contribution >= 0.6 is 11.8 Å². The summed E-state index contributed by atoms with van der Waals surface area (Å²) in [5.74, 6) is -0.131. The van der Waals surface area contributed by atoms with E-state index in [1.54, 1.807) is 30.6 Å². The van der Waals surface area contributed by atoms with E-state index in [1.807, 2.05) is 6.92 Å². The van der Waals surface area contributed by atoms with Gasteiger partial charge in [0.2, 0.25) is 5.91 Å². The largest absolute Gasteiger partial charge is 0.397 e. The molecule has 0 fully saturated rings. The third kappa shape index (κ3) is 4.46. The Bertz CT molecular complexity index is 619. The zero-order valence-electron chi connectivity index (χ0n) is 11.5. The van der Waals surface area contributed by atoms with Crippen molar-refractivity contribution in [1.82, 2.24) is 10.3 Å². The van der Waals surface area contributed by atoms with Crippen LogP contribution in [0.4, 0.5) is 10.1 Å². The van der Waals surface area contributed by atoms with E-state index in [4.69, 9.17) is 5.73 Å². The van der Waals surface area contributed by atoms with E-state index >= 15 is 0 Å². The van der Waals surface area contributed by atoms with Crippen molar-refractivity contribution in [2.24, 2.45) is 0 Å². The molecule has 1 atom stereocenters. The zero-order valence-corrected chi connectivity index (χ0v) is 12.4. The lowest BCUT2D eigenvalue weighted by Crippen LogP contribution is -2.28. The van der Waals surface area contributed by atoms with Crippen molar-refractivity contribution in [2.45, 2.75) is 17.9 Å². The van der Waals surface area contributed by atoms with E-state index in [9.17, 15) is 9.18 Å². The molecule has 4 nitrogen and oxygen atoms in total. The van der Waals surface area contributed by atoms with Crippen molar-refractivity contribution >= 4 is 23.4 Å². The van der Waals surface area contributed by atoms with Crippen molar-refractivity contribution in [3.63, 3.8) is 0 Å². The van der Waals surface area contributed by atoms with Crippen LogP contribution in [0.25, 0.3) is 0 Å². The standard InChI is InChI=1S/C15H16FN3OS/c1-10(11-2-4-12(16)5-3-11)19-15(20)9-21-14-6-7-18-8-13(14)17/h2-8,10H,9,17H2,1H3,(H,19,20). The van der Waals surface area contributed by atoms with E-state index in [2.05, 4.69) is 10.3 Å². The Hall–Kier alpha value is -2.08. The first-order chi connectivity index (χ1) is 10.1. The van der Waals surface area contributed by atoms with Gasteiger partial charge >= 0.3 is 0 Å². The van der Waals surface area contributed by atoms with Crippen molar-refractivity contribution in [1.29, 1.82) is 0 Å². The molecule has 0 aliphatic rings. The van der Waals surface area contributed by atoms with Gasteiger partial charge in [-0.1, -0.05) is 12.1 Å². The van der Waals surface area contributed by atoms with Crippen molar-refractivity contribution in [2.75, 3.05) is 11.5 Å². The van der Waals surface area contributed by atoms with Crippen LogP contribution < -0.4 is 11.1 Å². The molecular weight excluding hydrogens is 289 g/mol. The lowest BCUT2D eigenvalue weighted by Gasteiger charge is -2.14. The van der Waals surface area contributed by atoms with Gasteiger partial charge in [0, 0.05) is 11.1 Å². The molecule has 1 aromatic heterocycles. The second kappa shape index (κ2) is 7.08. The van der Waals surface area contributed by atoms with Crippen molar-refractivity contribution in [3.05, 3.63) is 54.1 Å². The van der Waals surface area contributed by atoms with Crippen LogP contribution in [0.5, 0.6) is 0 Å². The Labute approximate surface area is 127 Å². The number of nitrogens with two attached hydrogens (primary N) is 1. The normalized spacial score (nSPS) is 11.9. The van der Waals surface area contributed by atoms with Gasteiger partial charge in [0.25, 0.3) is 0 Å². The molecule has 0 aliphatic heterocycles. The molecule has 1 heterocycles. The van der Waals surface area contributed by atoms with E-state index in [0.29, 0.717) is 5.69 Å². The van der Waals surface area contributed by atoms with Crippen LogP contribution in [0, 0.1) is 5.82 Å². The lowest BCUT2D eigenvalue weighted by molar-refractivity contribution is -0.119. The Kier molecular flexibility index (Phi) is 5.16.